The number of aromatic nitrogens is 2. The second kappa shape index (κ2) is 17.7. The first kappa shape index (κ1) is 39.0. The number of amides is 2. The first-order chi connectivity index (χ1) is 26.6. The van der Waals surface area contributed by atoms with Crippen LogP contribution in [0, 0.1) is 12.7 Å². The molecule has 7 rings (SSSR count). The topological polar surface area (TPSA) is 121 Å². The third-order valence-corrected chi connectivity index (χ3v) is 11.7. The van der Waals surface area contributed by atoms with Crippen LogP contribution in [0.25, 0.3) is 11.1 Å². The number of nitrogens with zero attached hydrogens (tertiary/aromatic N) is 4. The third-order valence-electron chi connectivity index (χ3n) is 10.7. The molecule has 2 aromatic carbocycles. The highest BCUT2D eigenvalue weighted by molar-refractivity contribution is 7.11. The van der Waals surface area contributed by atoms with E-state index in [2.05, 4.69) is 80.8 Å². The molecule has 55 heavy (non-hydrogen) atoms. The van der Waals surface area contributed by atoms with Gasteiger partial charge >= 0.3 is 0 Å². The van der Waals surface area contributed by atoms with Crippen LogP contribution in [0.3, 0.4) is 0 Å². The number of aryl methyl sites for hydroxylation is 1. The van der Waals surface area contributed by atoms with Crippen molar-refractivity contribution in [3.63, 3.8) is 0 Å². The number of hydrogen-bond acceptors (Lipinski definition) is 10. The summed E-state index contributed by atoms with van der Waals surface area (Å²) in [5, 5.41) is 12.1. The molecule has 4 heterocycles. The van der Waals surface area contributed by atoms with Gasteiger partial charge in [0.1, 0.15) is 17.1 Å². The highest BCUT2D eigenvalue weighted by atomic mass is 32.1. The summed E-state index contributed by atoms with van der Waals surface area (Å²) in [5.41, 5.74) is 5.45. The summed E-state index contributed by atoms with van der Waals surface area (Å²) in [4.78, 5) is 39.7. The molecule has 11 nitrogen and oxygen atoms in total. The van der Waals surface area contributed by atoms with Gasteiger partial charge in [-0.2, -0.15) is 0 Å². The van der Waals surface area contributed by atoms with E-state index in [1.165, 1.54) is 28.5 Å². The van der Waals surface area contributed by atoms with Gasteiger partial charge in [0.25, 0.3) is 11.8 Å². The van der Waals surface area contributed by atoms with E-state index in [1.54, 1.807) is 0 Å². The van der Waals surface area contributed by atoms with Gasteiger partial charge in [0.2, 0.25) is 5.88 Å². The van der Waals surface area contributed by atoms with Crippen LogP contribution >= 0.6 is 11.3 Å². The normalized spacial score (nSPS) is 23.6. The van der Waals surface area contributed by atoms with Gasteiger partial charge in [-0.25, -0.2) is 14.4 Å². The SMILES string of the molecule is Cc1csc(C(=O)N[C@H]2CC[C@@H](NC(=O)c3cc(F)cnc3Oc3cccc(-c4ccc(CN5C[C@@H](C)N[C@@H](C)C5)cc4CN4CCOC[C@@H]4C)c3)CC2)n1. The molecule has 292 valence electrons. The van der Waals surface area contributed by atoms with E-state index >= 15 is 0 Å². The van der Waals surface area contributed by atoms with Crippen LogP contribution in [-0.4, -0.2) is 94.6 Å². The molecule has 3 N–H and O–H groups in total. The molecule has 4 aromatic rings. The van der Waals surface area contributed by atoms with E-state index in [0.29, 0.717) is 67.8 Å². The molecule has 1 aliphatic carbocycles. The number of carbonyl (C=O) groups excluding carboxylic acids is 2. The van der Waals surface area contributed by atoms with E-state index in [-0.39, 0.29) is 29.4 Å². The molecule has 1 saturated carbocycles. The van der Waals surface area contributed by atoms with Crippen molar-refractivity contribution in [2.45, 2.75) is 96.7 Å². The number of carbonyl (C=O) groups is 2. The number of pyridine rings is 1. The van der Waals surface area contributed by atoms with Gasteiger partial charge in [-0.1, -0.05) is 30.3 Å². The van der Waals surface area contributed by atoms with Crippen molar-refractivity contribution >= 4 is 23.2 Å². The van der Waals surface area contributed by atoms with Crippen LogP contribution < -0.4 is 20.7 Å². The van der Waals surface area contributed by atoms with E-state index in [4.69, 9.17) is 9.47 Å². The van der Waals surface area contributed by atoms with Gasteiger partial charge in [-0.05, 0) is 93.8 Å². The molecule has 3 aliphatic rings. The number of piperazine rings is 1. The van der Waals surface area contributed by atoms with E-state index in [1.807, 2.05) is 30.5 Å². The number of rotatable bonds is 11. The zero-order chi connectivity index (χ0) is 38.5. The van der Waals surface area contributed by atoms with Crippen molar-refractivity contribution in [2.75, 3.05) is 32.8 Å². The molecule has 0 unspecified atom stereocenters. The van der Waals surface area contributed by atoms with E-state index in [9.17, 15) is 14.0 Å². The van der Waals surface area contributed by atoms with Crippen LogP contribution in [-0.2, 0) is 17.8 Å². The van der Waals surface area contributed by atoms with Gasteiger partial charge in [0.05, 0.1) is 19.4 Å². The maximum Gasteiger partial charge on any atom is 0.280 e. The molecule has 0 bridgehead atoms. The number of thiazole rings is 1. The molecular weight excluding hydrogens is 718 g/mol. The van der Waals surface area contributed by atoms with Gasteiger partial charge in [-0.3, -0.25) is 19.4 Å². The van der Waals surface area contributed by atoms with Gasteiger partial charge in [0.15, 0.2) is 5.01 Å². The summed E-state index contributed by atoms with van der Waals surface area (Å²) >= 11 is 1.33. The molecule has 13 heteroatoms. The standard InChI is InChI=1S/C42H52FN7O4S/c1-26-20-49(21-27(2)45-26)22-30-8-13-37(32(16-30)23-50-14-15-53-24-29(50)4)31-6-5-7-36(17-31)54-41-38(18-33(43)19-44-41)39(51)47-34-9-11-35(12-10-34)48-40(52)42-46-28(3)25-55-42/h5-8,13,16-19,25-27,29,34-35,45H,9-12,14-15,20-24H2,1-4H3,(H,47,51)(H,48,52)/t26-,27+,29-,34-,35+/m0/s1. The Morgan fingerprint density at radius 1 is 0.982 bits per heavy atom. The minimum Gasteiger partial charge on any atom is -0.438 e. The van der Waals surface area contributed by atoms with Gasteiger partial charge in [-0.15, -0.1) is 11.3 Å². The highest BCUT2D eigenvalue weighted by Gasteiger charge is 2.27. The van der Waals surface area contributed by atoms with Crippen LogP contribution in [0.1, 0.15) is 83.4 Å². The fourth-order valence-electron chi connectivity index (χ4n) is 8.06. The summed E-state index contributed by atoms with van der Waals surface area (Å²) in [6.07, 6.45) is 3.83. The Labute approximate surface area is 327 Å². The number of ether oxygens (including phenoxy) is 2. The highest BCUT2D eigenvalue weighted by Crippen LogP contribution is 2.33. The lowest BCUT2D eigenvalue weighted by atomic mass is 9.91. The molecule has 2 aromatic heterocycles. The first-order valence-corrected chi connectivity index (χ1v) is 20.3. The minimum atomic E-state index is -0.623. The quantitative estimate of drug-likeness (QED) is 0.161. The van der Waals surface area contributed by atoms with Crippen LogP contribution in [0.15, 0.2) is 60.1 Å². The smallest absolute Gasteiger partial charge is 0.280 e. The average Bonchev–Trinajstić information content (AvgIpc) is 3.60. The third kappa shape index (κ3) is 10.1. The molecule has 2 saturated heterocycles. The van der Waals surface area contributed by atoms with Crippen LogP contribution in [0.4, 0.5) is 4.39 Å². The Balaban J connectivity index is 1.05. The van der Waals surface area contributed by atoms with Crippen molar-refractivity contribution in [2.24, 2.45) is 0 Å². The summed E-state index contributed by atoms with van der Waals surface area (Å²) in [7, 11) is 0. The van der Waals surface area contributed by atoms with Crippen LogP contribution in [0.5, 0.6) is 11.6 Å². The number of halogens is 1. The van der Waals surface area contributed by atoms with Crippen LogP contribution in [0.2, 0.25) is 0 Å². The Hall–Kier alpha value is -4.27. The molecule has 2 aliphatic heterocycles. The first-order valence-electron chi connectivity index (χ1n) is 19.5. The fourth-order valence-corrected chi connectivity index (χ4v) is 8.76. The van der Waals surface area contributed by atoms with Gasteiger partial charge < -0.3 is 25.4 Å². The lowest BCUT2D eigenvalue weighted by molar-refractivity contribution is -0.00431. The second-order valence-electron chi connectivity index (χ2n) is 15.5. The molecule has 2 amide bonds. The number of nitrogens with one attached hydrogen (secondary N) is 3. The predicted octanol–water partition coefficient (Wildman–Crippen LogP) is 6.32. The number of hydrogen-bond donors (Lipinski definition) is 3. The van der Waals surface area contributed by atoms with E-state index in [0.717, 1.165) is 55.7 Å². The maximum atomic E-state index is 14.5. The molecule has 0 spiro atoms. The molecule has 3 atom stereocenters. The summed E-state index contributed by atoms with van der Waals surface area (Å²) in [6, 6.07) is 16.8. The minimum absolute atomic E-state index is 0.000655. The average molecular weight is 770 g/mol. The summed E-state index contributed by atoms with van der Waals surface area (Å²) in [5.74, 6) is -0.710. The zero-order valence-corrected chi connectivity index (χ0v) is 33.0. The maximum absolute atomic E-state index is 14.5. The van der Waals surface area contributed by atoms with Crippen molar-refractivity contribution < 1.29 is 23.5 Å². The summed E-state index contributed by atoms with van der Waals surface area (Å²) < 4.78 is 26.6. The Kier molecular flexibility index (Phi) is 12.5. The number of benzene rings is 2. The second-order valence-corrected chi connectivity index (χ2v) is 16.3. The lowest BCUT2D eigenvalue weighted by Gasteiger charge is -2.36. The van der Waals surface area contributed by atoms with E-state index < -0.39 is 11.7 Å². The lowest BCUT2D eigenvalue weighted by Crippen LogP contribution is -2.53. The fraction of sp³-hybridized carbons (Fsp3) is 0.476. The monoisotopic (exact) mass is 769 g/mol. The molecular formula is C42H52FN7O4S. The van der Waals surface area contributed by atoms with Crippen molar-refractivity contribution in [1.29, 1.82) is 0 Å². The zero-order valence-electron chi connectivity index (χ0n) is 32.1. The largest absolute Gasteiger partial charge is 0.438 e. The molecule has 0 radical (unpaired) electrons. The summed E-state index contributed by atoms with van der Waals surface area (Å²) in [6.45, 7) is 14.5. The van der Waals surface area contributed by atoms with Crippen molar-refractivity contribution in [3.8, 4) is 22.8 Å². The van der Waals surface area contributed by atoms with Crippen molar-refractivity contribution in [1.82, 2.24) is 35.7 Å². The van der Waals surface area contributed by atoms with Crippen molar-refractivity contribution in [3.05, 3.63) is 93.3 Å². The predicted molar refractivity (Wildman–Crippen MR) is 212 cm³/mol. The Bertz CT molecular complexity index is 1960. The van der Waals surface area contributed by atoms with Gasteiger partial charge in [0, 0.05) is 74.0 Å². The Morgan fingerprint density at radius 2 is 1.73 bits per heavy atom. The molecule has 3 fully saturated rings. The Morgan fingerprint density at radius 3 is 2.44 bits per heavy atom. The number of morpholine rings is 1.